The monoisotopic (exact) mass is 879 g/mol. The minimum absolute atomic E-state index is 0. The third kappa shape index (κ3) is 8.91. The Morgan fingerprint density at radius 2 is 1.62 bits per heavy atom. The van der Waals surface area contributed by atoms with Crippen molar-refractivity contribution in [2.24, 2.45) is 11.3 Å². The normalized spacial score (nSPS) is 13.7. The molecule has 7 rings (SSSR count). The quantitative estimate of drug-likeness (QED) is 0.124. The van der Waals surface area contributed by atoms with Gasteiger partial charge in [0.15, 0.2) is 0 Å². The van der Waals surface area contributed by atoms with Crippen molar-refractivity contribution in [3.05, 3.63) is 114 Å². The Balaban J connectivity index is 0.000000189. The molecule has 1 saturated carbocycles. The Kier molecular flexibility index (Phi) is 11.4. The standard InChI is InChI=1S/C23H19FNO.C19H26GeN.Ir/c24-18-6-7-19-20-13-17(5-8-22(20)26-23(19)14-18)21-12-16(9-10-25-21)11-15-3-1-2-4-15;1-19(2,3)13-16-12-18(15-10-8-7-9-11-15)21-14-17(16)20(4,5)6;/h6-10,12-15H,1-4,11H2;7-10,12,14H,13H2,1-6H3;/q2*-1;. The van der Waals surface area contributed by atoms with Crippen LogP contribution < -0.4 is 4.40 Å². The number of benzene rings is 3. The van der Waals surface area contributed by atoms with Crippen molar-refractivity contribution in [3.63, 3.8) is 0 Å². The first kappa shape index (κ1) is 36.2. The molecule has 0 unspecified atom stereocenters. The van der Waals surface area contributed by atoms with Crippen molar-refractivity contribution >= 4 is 39.6 Å². The first-order valence-corrected chi connectivity index (χ1v) is 24.2. The van der Waals surface area contributed by atoms with Gasteiger partial charge in [0, 0.05) is 37.8 Å². The average molecular weight is 878 g/mol. The predicted octanol–water partition coefficient (Wildman–Crippen LogP) is 11.0. The zero-order valence-electron chi connectivity index (χ0n) is 28.9. The van der Waals surface area contributed by atoms with Crippen molar-refractivity contribution in [3.8, 4) is 22.5 Å². The Morgan fingerprint density at radius 3 is 2.33 bits per heavy atom. The van der Waals surface area contributed by atoms with E-state index in [2.05, 4.69) is 85.6 Å². The fourth-order valence-corrected chi connectivity index (χ4v) is 10.0. The number of furan rings is 1. The van der Waals surface area contributed by atoms with Crippen LogP contribution >= 0.6 is 0 Å². The van der Waals surface area contributed by atoms with Crippen LogP contribution in [0.4, 0.5) is 4.39 Å². The Morgan fingerprint density at radius 1 is 0.854 bits per heavy atom. The van der Waals surface area contributed by atoms with Crippen molar-refractivity contribution < 1.29 is 28.9 Å². The minimum atomic E-state index is -1.90. The van der Waals surface area contributed by atoms with Crippen molar-refractivity contribution in [1.29, 1.82) is 0 Å². The van der Waals surface area contributed by atoms with Gasteiger partial charge < -0.3 is 9.40 Å². The zero-order chi connectivity index (χ0) is 33.2. The number of aromatic nitrogens is 2. The van der Waals surface area contributed by atoms with Crippen molar-refractivity contribution in [2.75, 3.05) is 0 Å². The van der Waals surface area contributed by atoms with E-state index in [0.29, 0.717) is 11.0 Å². The number of fused-ring (bicyclic) bond motifs is 3. The molecule has 0 spiro atoms. The largest absolute Gasteiger partial charge is 0.500 e. The molecule has 6 aromatic rings. The third-order valence-corrected chi connectivity index (χ3v) is 13.3. The Bertz CT molecular complexity index is 1990. The third-order valence-electron chi connectivity index (χ3n) is 8.97. The van der Waals surface area contributed by atoms with Gasteiger partial charge in [-0.3, -0.25) is 0 Å². The summed E-state index contributed by atoms with van der Waals surface area (Å²) in [5.74, 6) is 7.85. The van der Waals surface area contributed by atoms with Gasteiger partial charge in [-0.2, -0.15) is 0 Å². The summed E-state index contributed by atoms with van der Waals surface area (Å²) in [6, 6.07) is 29.8. The number of halogens is 1. The number of pyridine rings is 2. The van der Waals surface area contributed by atoms with E-state index in [0.717, 1.165) is 57.6 Å². The van der Waals surface area contributed by atoms with E-state index in [1.165, 1.54) is 53.3 Å². The maximum absolute atomic E-state index is 13.4. The molecule has 0 atom stereocenters. The molecule has 6 heteroatoms. The van der Waals surface area contributed by atoms with Gasteiger partial charge in [0.05, 0.1) is 5.58 Å². The molecule has 0 saturated heterocycles. The second kappa shape index (κ2) is 15.2. The molecule has 1 radical (unpaired) electrons. The smallest absolute Gasteiger partial charge is 0.126 e. The van der Waals surface area contributed by atoms with Crippen LogP contribution in [0.1, 0.15) is 57.6 Å². The summed E-state index contributed by atoms with van der Waals surface area (Å²) in [4.78, 5) is 9.27. The molecule has 3 heterocycles. The van der Waals surface area contributed by atoms with Gasteiger partial charge >= 0.3 is 132 Å². The van der Waals surface area contributed by atoms with Gasteiger partial charge in [-0.05, 0) is 36.2 Å². The van der Waals surface area contributed by atoms with Gasteiger partial charge in [0.25, 0.3) is 0 Å². The summed E-state index contributed by atoms with van der Waals surface area (Å²) < 4.78 is 20.7. The summed E-state index contributed by atoms with van der Waals surface area (Å²) in [7, 11) is 0. The van der Waals surface area contributed by atoms with Crippen LogP contribution in [0.3, 0.4) is 0 Å². The fraction of sp³-hybridized carbons (Fsp3) is 0.333. The van der Waals surface area contributed by atoms with Crippen LogP contribution in [0.2, 0.25) is 17.3 Å². The van der Waals surface area contributed by atoms with Gasteiger partial charge in [-0.25, -0.2) is 4.39 Å². The maximum Gasteiger partial charge on any atom is 0.126 e. The molecule has 0 amide bonds. The minimum Gasteiger partial charge on any atom is -0.500 e. The van der Waals surface area contributed by atoms with E-state index in [1.807, 2.05) is 36.5 Å². The Labute approximate surface area is 301 Å². The number of hydrogen-bond acceptors (Lipinski definition) is 3. The van der Waals surface area contributed by atoms with Gasteiger partial charge in [0.2, 0.25) is 0 Å². The summed E-state index contributed by atoms with van der Waals surface area (Å²) >= 11 is -1.90. The summed E-state index contributed by atoms with van der Waals surface area (Å²) in [6.45, 7) is 6.92. The van der Waals surface area contributed by atoms with E-state index < -0.39 is 13.3 Å². The molecule has 3 aromatic heterocycles. The van der Waals surface area contributed by atoms with Crippen LogP contribution in [0.25, 0.3) is 44.5 Å². The second-order valence-corrected chi connectivity index (χ2v) is 25.8. The predicted molar refractivity (Wildman–Crippen MR) is 196 cm³/mol. The topological polar surface area (TPSA) is 38.9 Å². The van der Waals surface area contributed by atoms with Crippen molar-refractivity contribution in [2.45, 2.75) is 76.6 Å². The molecular weight excluding hydrogens is 832 g/mol. The molecule has 48 heavy (non-hydrogen) atoms. The number of rotatable bonds is 6. The van der Waals surface area contributed by atoms with E-state index in [1.54, 1.807) is 6.07 Å². The molecule has 3 nitrogen and oxygen atoms in total. The van der Waals surface area contributed by atoms with Crippen molar-refractivity contribution in [1.82, 2.24) is 9.97 Å². The second-order valence-electron chi connectivity index (χ2n) is 15.3. The zero-order valence-corrected chi connectivity index (χ0v) is 33.4. The van der Waals surface area contributed by atoms with E-state index >= 15 is 0 Å². The summed E-state index contributed by atoms with van der Waals surface area (Å²) in [6.07, 6.45) is 11.7. The first-order valence-electron chi connectivity index (χ1n) is 16.9. The number of hydrogen-bond donors (Lipinski definition) is 0. The Hall–Kier alpha value is -3.12. The van der Waals surface area contributed by atoms with E-state index in [4.69, 9.17) is 9.40 Å². The fourth-order valence-electron chi connectivity index (χ4n) is 6.73. The molecule has 1 aliphatic carbocycles. The van der Waals surface area contributed by atoms with Gasteiger partial charge in [0.1, 0.15) is 11.4 Å². The van der Waals surface area contributed by atoms with Gasteiger partial charge in [-0.1, -0.05) is 42.7 Å². The number of nitrogens with zero attached hydrogens (tertiary/aromatic N) is 2. The maximum atomic E-state index is 13.4. The molecule has 0 bridgehead atoms. The SMILES string of the molecule is CC(C)(C)Cc1cc(-c2[c-]cccc2)nc[c]1[Ge]([CH3])([CH3])[CH3].Fc1ccc2c(c1)oc1c[c-]c(-c3cc(CC4CCCC4)ccn3)cc12.[Ir]. The molecule has 1 fully saturated rings. The molecular formula is C42H45FGeIrN2O-2. The van der Waals surface area contributed by atoms with E-state index in [-0.39, 0.29) is 25.9 Å². The molecule has 0 aliphatic heterocycles. The van der Waals surface area contributed by atoms with Crippen LogP contribution in [-0.2, 0) is 32.9 Å². The molecule has 0 N–H and O–H groups in total. The van der Waals surface area contributed by atoms with E-state index in [9.17, 15) is 4.39 Å². The summed E-state index contributed by atoms with van der Waals surface area (Å²) in [5.41, 5.74) is 8.40. The van der Waals surface area contributed by atoms with Gasteiger partial charge in [-0.15, -0.1) is 23.8 Å². The summed E-state index contributed by atoms with van der Waals surface area (Å²) in [5, 5.41) is 1.88. The average Bonchev–Trinajstić information content (AvgIpc) is 3.67. The molecule has 1 aliphatic rings. The first-order chi connectivity index (χ1) is 22.4. The van der Waals surface area contributed by atoms with Crippen LogP contribution in [0, 0.1) is 29.3 Å². The molecule has 3 aromatic carbocycles. The van der Waals surface area contributed by atoms with Crippen LogP contribution in [-0.4, -0.2) is 23.2 Å². The van der Waals surface area contributed by atoms with Crippen LogP contribution in [0.15, 0.2) is 89.6 Å². The molecule has 251 valence electrons. The van der Waals surface area contributed by atoms with Crippen LogP contribution in [0.5, 0.6) is 0 Å².